The molecule has 0 heterocycles. The van der Waals surface area contributed by atoms with Crippen molar-refractivity contribution in [2.24, 2.45) is 0 Å². The summed E-state index contributed by atoms with van der Waals surface area (Å²) in [5.41, 5.74) is 0. The van der Waals surface area contributed by atoms with Crippen LogP contribution in [-0.2, 0) is 9.84 Å². The van der Waals surface area contributed by atoms with Gasteiger partial charge < -0.3 is 0 Å². The molecule has 0 N–H and O–H groups in total. The molecule has 0 amide bonds. The first-order valence-electron chi connectivity index (χ1n) is 1.78. The molecule has 7 heavy (non-hydrogen) atoms. The Labute approximate surface area is 43.5 Å². The van der Waals surface area contributed by atoms with Crippen LogP contribution in [-0.4, -0.2) is 14.2 Å². The second kappa shape index (κ2) is 1.99. The highest BCUT2D eigenvalue weighted by Gasteiger charge is 1.96. The van der Waals surface area contributed by atoms with E-state index in [1.165, 1.54) is 12.2 Å². The van der Waals surface area contributed by atoms with E-state index in [1.807, 2.05) is 0 Å². The number of rotatable bonds is 1. The zero-order valence-corrected chi connectivity index (χ0v) is 4.75. The fourth-order valence-corrected chi connectivity index (χ4v) is 0.217. The van der Waals surface area contributed by atoms with Gasteiger partial charge in [0.2, 0.25) is 9.84 Å². The van der Waals surface area contributed by atoms with Crippen LogP contribution in [0.2, 0.25) is 0 Å². The third-order valence-electron chi connectivity index (χ3n) is 0.536. The van der Waals surface area contributed by atoms with Crippen LogP contribution >= 0.6 is 0 Å². The molecule has 3 heteroatoms. The first-order chi connectivity index (χ1) is 3.12. The van der Waals surface area contributed by atoms with Gasteiger partial charge in [0.05, 0.1) is 5.75 Å². The summed E-state index contributed by atoms with van der Waals surface area (Å²) in [6.07, 6.45) is 6.17. The van der Waals surface area contributed by atoms with Crippen molar-refractivity contribution in [3.63, 3.8) is 0 Å². The van der Waals surface area contributed by atoms with Gasteiger partial charge in [-0.05, 0) is 0 Å². The van der Waals surface area contributed by atoms with E-state index < -0.39 is 9.84 Å². The summed E-state index contributed by atoms with van der Waals surface area (Å²) >= 11 is 0. The second-order valence-electron chi connectivity index (χ2n) is 1.01. The molecule has 0 saturated carbocycles. The first kappa shape index (κ1) is 6.51. The molecule has 2 nitrogen and oxygen atoms in total. The monoisotopic (exact) mass is 117 g/mol. The minimum absolute atomic E-state index is 0.0312. The highest BCUT2D eigenvalue weighted by Crippen LogP contribution is 1.80. The highest BCUT2D eigenvalue weighted by atomic mass is 32.2. The molecular formula is C4H5O2S. The molecule has 0 atom stereocenters. The smallest absolute Gasteiger partial charge is 0.215 e. The quantitative estimate of drug-likeness (QED) is 0.452. The molecule has 0 rings (SSSR count). The lowest BCUT2D eigenvalue weighted by molar-refractivity contribution is 0.607. The number of hydrogen-bond donors (Lipinski definition) is 0. The molecule has 0 aliphatic carbocycles. The molecule has 0 aromatic rings. The van der Waals surface area contributed by atoms with Crippen LogP contribution in [0.15, 0.2) is 0 Å². The van der Waals surface area contributed by atoms with E-state index in [1.54, 1.807) is 0 Å². The van der Waals surface area contributed by atoms with Crippen molar-refractivity contribution in [2.75, 3.05) is 5.75 Å². The fourth-order valence-electron chi connectivity index (χ4n) is 0.0722. The Morgan fingerprint density at radius 2 is 2.14 bits per heavy atom. The van der Waals surface area contributed by atoms with Gasteiger partial charge in [-0.25, -0.2) is 8.42 Å². The molecule has 0 saturated heterocycles. The SMILES string of the molecule is [C]#CS(=O)(=O)CC. The Morgan fingerprint density at radius 1 is 1.71 bits per heavy atom. The van der Waals surface area contributed by atoms with Gasteiger partial charge in [0.15, 0.2) is 0 Å². The lowest BCUT2D eigenvalue weighted by Gasteiger charge is -1.80. The predicted octanol–water partition coefficient (Wildman–Crippen LogP) is -0.0316. The Kier molecular flexibility index (Phi) is 1.85. The highest BCUT2D eigenvalue weighted by molar-refractivity contribution is 7.95. The van der Waals surface area contributed by atoms with Gasteiger partial charge in [0, 0.05) is 11.7 Å². The third-order valence-corrected chi connectivity index (χ3v) is 1.61. The molecule has 0 unspecified atom stereocenters. The Morgan fingerprint density at radius 3 is 2.14 bits per heavy atom. The van der Waals surface area contributed by atoms with Crippen LogP contribution < -0.4 is 0 Å². The molecule has 0 bridgehead atoms. The van der Waals surface area contributed by atoms with Gasteiger partial charge in [-0.1, -0.05) is 6.92 Å². The van der Waals surface area contributed by atoms with Crippen LogP contribution in [0.3, 0.4) is 0 Å². The minimum atomic E-state index is -3.24. The fraction of sp³-hybridized carbons (Fsp3) is 0.500. The zero-order valence-electron chi connectivity index (χ0n) is 3.93. The van der Waals surface area contributed by atoms with Crippen LogP contribution in [0, 0.1) is 11.7 Å². The van der Waals surface area contributed by atoms with E-state index >= 15 is 0 Å². The summed E-state index contributed by atoms with van der Waals surface area (Å²) in [5, 5.41) is 1.41. The van der Waals surface area contributed by atoms with E-state index in [-0.39, 0.29) is 5.75 Å². The van der Waals surface area contributed by atoms with Crippen LogP contribution in [0.25, 0.3) is 0 Å². The lowest BCUT2D eigenvalue weighted by atomic mass is 11.0. The van der Waals surface area contributed by atoms with Crippen LogP contribution in [0.5, 0.6) is 0 Å². The summed E-state index contributed by atoms with van der Waals surface area (Å²) in [5.74, 6) is -0.0312. The Bertz CT molecular complexity index is 170. The Balaban J connectivity index is 4.28. The van der Waals surface area contributed by atoms with Crippen molar-refractivity contribution in [1.29, 1.82) is 0 Å². The maximum atomic E-state index is 10.1. The number of sulfone groups is 1. The van der Waals surface area contributed by atoms with Gasteiger partial charge >= 0.3 is 0 Å². The van der Waals surface area contributed by atoms with Crippen molar-refractivity contribution in [3.8, 4) is 5.25 Å². The first-order valence-corrected chi connectivity index (χ1v) is 3.44. The van der Waals surface area contributed by atoms with Gasteiger partial charge in [-0.2, -0.15) is 0 Å². The van der Waals surface area contributed by atoms with E-state index in [0.29, 0.717) is 0 Å². The lowest BCUT2D eigenvalue weighted by Crippen LogP contribution is -1.96. The molecule has 0 aromatic heterocycles. The van der Waals surface area contributed by atoms with Crippen LogP contribution in [0.1, 0.15) is 6.92 Å². The molecule has 1 radical (unpaired) electrons. The molecule has 0 aromatic carbocycles. The molecule has 0 fully saturated rings. The maximum absolute atomic E-state index is 10.1. The third kappa shape index (κ3) is 2.24. The maximum Gasteiger partial charge on any atom is 0.217 e. The van der Waals surface area contributed by atoms with Gasteiger partial charge in [0.1, 0.15) is 0 Å². The van der Waals surface area contributed by atoms with Crippen LogP contribution in [0.4, 0.5) is 0 Å². The van der Waals surface area contributed by atoms with Gasteiger partial charge in [0.25, 0.3) is 0 Å². The normalized spacial score (nSPS) is 10.3. The molecule has 0 aliphatic rings. The summed E-state index contributed by atoms with van der Waals surface area (Å²) in [6, 6.07) is 0. The van der Waals surface area contributed by atoms with Crippen molar-refractivity contribution >= 4 is 9.84 Å². The van der Waals surface area contributed by atoms with Crippen molar-refractivity contribution < 1.29 is 8.42 Å². The van der Waals surface area contributed by atoms with E-state index in [9.17, 15) is 8.42 Å². The molecule has 0 spiro atoms. The van der Waals surface area contributed by atoms with E-state index in [2.05, 4.69) is 0 Å². The Hall–Kier alpha value is -0.490. The van der Waals surface area contributed by atoms with Gasteiger partial charge in [-0.3, -0.25) is 0 Å². The summed E-state index contributed by atoms with van der Waals surface area (Å²) in [7, 11) is -3.24. The van der Waals surface area contributed by atoms with Crippen molar-refractivity contribution in [3.05, 3.63) is 6.42 Å². The summed E-state index contributed by atoms with van der Waals surface area (Å²) in [4.78, 5) is 0. The topological polar surface area (TPSA) is 34.1 Å². The minimum Gasteiger partial charge on any atom is -0.215 e. The second-order valence-corrected chi connectivity index (χ2v) is 3.02. The average Bonchev–Trinajstić information content (AvgIpc) is 1.68. The van der Waals surface area contributed by atoms with Crippen molar-refractivity contribution in [2.45, 2.75) is 6.92 Å². The largest absolute Gasteiger partial charge is 0.217 e. The van der Waals surface area contributed by atoms with Crippen molar-refractivity contribution in [1.82, 2.24) is 0 Å². The van der Waals surface area contributed by atoms with E-state index in [4.69, 9.17) is 6.42 Å². The van der Waals surface area contributed by atoms with E-state index in [0.717, 1.165) is 0 Å². The zero-order chi connectivity index (χ0) is 5.91. The summed E-state index contributed by atoms with van der Waals surface area (Å²) < 4.78 is 20.1. The standard InChI is InChI=1S/C4H5O2S/c1-3-7(5,6)4-2/h3H2,1H3. The predicted molar refractivity (Wildman–Crippen MR) is 26.6 cm³/mol. The molecule has 0 aliphatic heterocycles. The molecular weight excluding hydrogens is 112 g/mol. The average molecular weight is 117 g/mol. The molecule has 39 valence electrons. The van der Waals surface area contributed by atoms with Gasteiger partial charge in [-0.15, -0.1) is 0 Å². The summed E-state index contributed by atoms with van der Waals surface area (Å²) in [6.45, 7) is 1.47. The number of hydrogen-bond acceptors (Lipinski definition) is 2.